The molecule has 1 saturated heterocycles. The molecule has 0 bridgehead atoms. The van der Waals surface area contributed by atoms with Crippen molar-refractivity contribution in [2.45, 2.75) is 4.90 Å². The predicted molar refractivity (Wildman–Crippen MR) is 93.4 cm³/mol. The Kier molecular flexibility index (Phi) is 4.42. The molecular formula is C17H18N4O2S. The number of primary sulfonamides is 1. The summed E-state index contributed by atoms with van der Waals surface area (Å²) in [7, 11) is -3.74. The van der Waals surface area contributed by atoms with Gasteiger partial charge in [0, 0.05) is 31.9 Å². The maximum absolute atomic E-state index is 11.8. The summed E-state index contributed by atoms with van der Waals surface area (Å²) in [5.41, 5.74) is 2.35. The summed E-state index contributed by atoms with van der Waals surface area (Å²) >= 11 is 0. The highest BCUT2D eigenvalue weighted by Crippen LogP contribution is 2.26. The number of nitrogens with two attached hydrogens (primary N) is 1. The minimum atomic E-state index is -3.74. The van der Waals surface area contributed by atoms with Crippen LogP contribution in [0.15, 0.2) is 53.4 Å². The summed E-state index contributed by atoms with van der Waals surface area (Å²) in [6.45, 7) is 2.94. The second kappa shape index (κ2) is 6.51. The second-order valence-electron chi connectivity index (χ2n) is 5.65. The zero-order valence-corrected chi connectivity index (χ0v) is 13.9. The molecule has 2 N–H and O–H groups in total. The number of nitriles is 1. The lowest BCUT2D eigenvalue weighted by molar-refractivity contribution is 0.595. The van der Waals surface area contributed by atoms with Crippen LogP contribution in [0.1, 0.15) is 5.56 Å². The number of para-hydroxylation sites is 1. The monoisotopic (exact) mass is 342 g/mol. The standard InChI is InChI=1S/C17H18N4O2S/c18-13-14-5-7-15(8-6-14)20-9-11-21(12-10-20)16-3-1-2-4-17(16)24(19,22)23/h1-8H,9-12H2,(H2,19,22,23). The molecule has 24 heavy (non-hydrogen) atoms. The van der Waals surface area contributed by atoms with Gasteiger partial charge in [-0.2, -0.15) is 5.26 Å². The maximum atomic E-state index is 11.8. The van der Waals surface area contributed by atoms with Gasteiger partial charge >= 0.3 is 0 Å². The highest BCUT2D eigenvalue weighted by Gasteiger charge is 2.22. The van der Waals surface area contributed by atoms with E-state index in [1.54, 1.807) is 24.3 Å². The molecule has 7 heteroatoms. The average molecular weight is 342 g/mol. The third-order valence-corrected chi connectivity index (χ3v) is 5.11. The van der Waals surface area contributed by atoms with Crippen molar-refractivity contribution in [3.05, 3.63) is 54.1 Å². The summed E-state index contributed by atoms with van der Waals surface area (Å²) in [4.78, 5) is 4.42. The molecular weight excluding hydrogens is 324 g/mol. The fourth-order valence-electron chi connectivity index (χ4n) is 2.91. The van der Waals surface area contributed by atoms with Crippen molar-refractivity contribution in [3.63, 3.8) is 0 Å². The van der Waals surface area contributed by atoms with E-state index in [0.29, 0.717) is 24.3 Å². The molecule has 0 amide bonds. The number of sulfonamides is 1. The van der Waals surface area contributed by atoms with E-state index in [0.717, 1.165) is 18.8 Å². The summed E-state index contributed by atoms with van der Waals surface area (Å²) in [5, 5.41) is 14.2. The number of anilines is 2. The molecule has 1 aliphatic rings. The van der Waals surface area contributed by atoms with Crippen LogP contribution in [0.5, 0.6) is 0 Å². The molecule has 1 heterocycles. The third-order valence-electron chi connectivity index (χ3n) is 4.15. The average Bonchev–Trinajstić information content (AvgIpc) is 2.61. The van der Waals surface area contributed by atoms with E-state index >= 15 is 0 Å². The zero-order chi connectivity index (χ0) is 17.2. The van der Waals surface area contributed by atoms with Crippen LogP contribution in [0.4, 0.5) is 11.4 Å². The molecule has 0 atom stereocenters. The number of nitrogens with zero attached hydrogens (tertiary/aromatic N) is 3. The number of benzene rings is 2. The molecule has 124 valence electrons. The molecule has 1 aliphatic heterocycles. The van der Waals surface area contributed by atoms with Crippen LogP contribution >= 0.6 is 0 Å². The van der Waals surface area contributed by atoms with Gasteiger partial charge in [0.1, 0.15) is 4.90 Å². The minimum absolute atomic E-state index is 0.164. The van der Waals surface area contributed by atoms with Crippen LogP contribution in [0.25, 0.3) is 0 Å². The zero-order valence-electron chi connectivity index (χ0n) is 13.1. The van der Waals surface area contributed by atoms with Gasteiger partial charge in [0.25, 0.3) is 0 Å². The van der Waals surface area contributed by atoms with Gasteiger partial charge in [0.15, 0.2) is 0 Å². The topological polar surface area (TPSA) is 90.4 Å². The van der Waals surface area contributed by atoms with Gasteiger partial charge in [-0.3, -0.25) is 0 Å². The van der Waals surface area contributed by atoms with Gasteiger partial charge in [-0.15, -0.1) is 0 Å². The van der Waals surface area contributed by atoms with E-state index in [2.05, 4.69) is 11.0 Å². The molecule has 6 nitrogen and oxygen atoms in total. The normalized spacial score (nSPS) is 15.2. The first-order valence-electron chi connectivity index (χ1n) is 7.61. The third kappa shape index (κ3) is 3.35. The molecule has 0 aromatic heterocycles. The van der Waals surface area contributed by atoms with Gasteiger partial charge in [-0.1, -0.05) is 12.1 Å². The molecule has 0 unspecified atom stereocenters. The van der Waals surface area contributed by atoms with Crippen molar-refractivity contribution in [3.8, 4) is 6.07 Å². The van der Waals surface area contributed by atoms with Crippen LogP contribution in [0, 0.1) is 11.3 Å². The smallest absolute Gasteiger partial charge is 0.240 e. The van der Waals surface area contributed by atoms with Crippen LogP contribution in [0.2, 0.25) is 0 Å². The van der Waals surface area contributed by atoms with Crippen molar-refractivity contribution < 1.29 is 8.42 Å². The van der Waals surface area contributed by atoms with Crippen molar-refractivity contribution >= 4 is 21.4 Å². The first-order valence-corrected chi connectivity index (χ1v) is 9.15. The van der Waals surface area contributed by atoms with Crippen LogP contribution < -0.4 is 14.9 Å². The van der Waals surface area contributed by atoms with E-state index < -0.39 is 10.0 Å². The van der Waals surface area contributed by atoms with Gasteiger partial charge in [0.2, 0.25) is 10.0 Å². The Bertz CT molecular complexity index is 864. The Morgan fingerprint density at radius 2 is 1.50 bits per heavy atom. The minimum Gasteiger partial charge on any atom is -0.368 e. The highest BCUT2D eigenvalue weighted by molar-refractivity contribution is 7.89. The first kappa shape index (κ1) is 16.3. The Morgan fingerprint density at radius 1 is 0.917 bits per heavy atom. The molecule has 0 spiro atoms. The van der Waals surface area contributed by atoms with E-state index in [1.807, 2.05) is 23.1 Å². The van der Waals surface area contributed by atoms with E-state index in [-0.39, 0.29) is 4.90 Å². The largest absolute Gasteiger partial charge is 0.368 e. The molecule has 2 aromatic rings. The lowest BCUT2D eigenvalue weighted by Gasteiger charge is -2.38. The second-order valence-corrected chi connectivity index (χ2v) is 7.18. The number of rotatable bonds is 3. The van der Waals surface area contributed by atoms with E-state index in [1.165, 1.54) is 6.07 Å². The van der Waals surface area contributed by atoms with Crippen LogP contribution in [0.3, 0.4) is 0 Å². The van der Waals surface area contributed by atoms with E-state index in [4.69, 9.17) is 10.4 Å². The summed E-state index contributed by atoms with van der Waals surface area (Å²) < 4.78 is 23.5. The van der Waals surface area contributed by atoms with Crippen LogP contribution in [-0.2, 0) is 10.0 Å². The Balaban J connectivity index is 1.75. The van der Waals surface area contributed by atoms with Crippen LogP contribution in [-0.4, -0.2) is 34.6 Å². The van der Waals surface area contributed by atoms with Crippen molar-refractivity contribution in [2.75, 3.05) is 36.0 Å². The summed E-state index contributed by atoms with van der Waals surface area (Å²) in [5.74, 6) is 0. The van der Waals surface area contributed by atoms with Crippen molar-refractivity contribution in [1.29, 1.82) is 5.26 Å². The molecule has 2 aromatic carbocycles. The number of hydrogen-bond acceptors (Lipinski definition) is 5. The summed E-state index contributed by atoms with van der Waals surface area (Å²) in [6.07, 6.45) is 0. The maximum Gasteiger partial charge on any atom is 0.240 e. The quantitative estimate of drug-likeness (QED) is 0.913. The van der Waals surface area contributed by atoms with Gasteiger partial charge in [-0.25, -0.2) is 13.6 Å². The highest BCUT2D eigenvalue weighted by atomic mass is 32.2. The van der Waals surface area contributed by atoms with Gasteiger partial charge in [0.05, 0.1) is 17.3 Å². The molecule has 0 radical (unpaired) electrons. The number of hydrogen-bond donors (Lipinski definition) is 1. The lowest BCUT2D eigenvalue weighted by Crippen LogP contribution is -2.47. The SMILES string of the molecule is N#Cc1ccc(N2CCN(c3ccccc3S(N)(=O)=O)CC2)cc1. The molecule has 0 saturated carbocycles. The molecule has 1 fully saturated rings. The van der Waals surface area contributed by atoms with Gasteiger partial charge < -0.3 is 9.80 Å². The molecule has 0 aliphatic carbocycles. The number of piperazine rings is 1. The first-order chi connectivity index (χ1) is 11.5. The predicted octanol–water partition coefficient (Wildman–Crippen LogP) is 1.53. The Hall–Kier alpha value is -2.56. The fraction of sp³-hybridized carbons (Fsp3) is 0.235. The summed E-state index contributed by atoms with van der Waals surface area (Å²) in [6, 6.07) is 16.4. The lowest BCUT2D eigenvalue weighted by atomic mass is 10.2. The Labute approximate surface area is 141 Å². The Morgan fingerprint density at radius 3 is 2.08 bits per heavy atom. The molecule has 3 rings (SSSR count). The van der Waals surface area contributed by atoms with E-state index in [9.17, 15) is 8.42 Å². The van der Waals surface area contributed by atoms with Crippen molar-refractivity contribution in [2.24, 2.45) is 5.14 Å². The van der Waals surface area contributed by atoms with Crippen molar-refractivity contribution in [1.82, 2.24) is 0 Å². The van der Waals surface area contributed by atoms with Gasteiger partial charge in [-0.05, 0) is 36.4 Å². The fourth-order valence-corrected chi connectivity index (χ4v) is 3.67.